The molecule has 1 amide bonds. The van der Waals surface area contributed by atoms with Gasteiger partial charge in [0.2, 0.25) is 15.9 Å². The summed E-state index contributed by atoms with van der Waals surface area (Å²) in [6, 6.07) is 13.4. The molecule has 7 nitrogen and oxygen atoms in total. The third-order valence-corrected chi connectivity index (χ3v) is 6.68. The molecule has 1 saturated heterocycles. The Morgan fingerprint density at radius 2 is 1.86 bits per heavy atom. The Labute approximate surface area is 165 Å². The number of methoxy groups -OCH3 is 2. The second-order valence-electron chi connectivity index (χ2n) is 6.57. The van der Waals surface area contributed by atoms with Crippen molar-refractivity contribution in [3.05, 3.63) is 48.5 Å². The van der Waals surface area contributed by atoms with Crippen LogP contribution in [0.4, 0.5) is 5.69 Å². The number of nitrogens with one attached hydrogen (secondary N) is 1. The number of carbonyl (C=O) groups is 1. The number of amides is 1. The van der Waals surface area contributed by atoms with Crippen molar-refractivity contribution < 1.29 is 22.7 Å². The average Bonchev–Trinajstić information content (AvgIpc) is 2.74. The van der Waals surface area contributed by atoms with E-state index in [2.05, 4.69) is 5.32 Å². The summed E-state index contributed by atoms with van der Waals surface area (Å²) in [6.07, 6.45) is 1.26. The summed E-state index contributed by atoms with van der Waals surface area (Å²) in [6.45, 7) is 0.564. The Morgan fingerprint density at radius 3 is 2.54 bits per heavy atom. The van der Waals surface area contributed by atoms with Crippen LogP contribution in [0.1, 0.15) is 12.8 Å². The first-order chi connectivity index (χ1) is 13.5. The van der Waals surface area contributed by atoms with Gasteiger partial charge in [-0.3, -0.25) is 4.79 Å². The predicted molar refractivity (Wildman–Crippen MR) is 106 cm³/mol. The molecule has 2 aromatic carbocycles. The van der Waals surface area contributed by atoms with Gasteiger partial charge in [-0.1, -0.05) is 18.2 Å². The number of rotatable bonds is 6. The predicted octanol–water partition coefficient (Wildman–Crippen LogP) is 2.74. The highest BCUT2D eigenvalue weighted by molar-refractivity contribution is 7.89. The third kappa shape index (κ3) is 4.28. The van der Waals surface area contributed by atoms with E-state index in [9.17, 15) is 13.2 Å². The molecule has 28 heavy (non-hydrogen) atoms. The van der Waals surface area contributed by atoms with Crippen molar-refractivity contribution in [2.45, 2.75) is 17.7 Å². The average molecular weight is 404 g/mol. The van der Waals surface area contributed by atoms with Crippen molar-refractivity contribution in [1.29, 1.82) is 0 Å². The number of ether oxygens (including phenoxy) is 2. The van der Waals surface area contributed by atoms with E-state index in [0.29, 0.717) is 36.6 Å². The quantitative estimate of drug-likeness (QED) is 0.800. The number of nitrogens with zero attached hydrogens (tertiary/aromatic N) is 1. The monoisotopic (exact) mass is 404 g/mol. The van der Waals surface area contributed by atoms with E-state index in [1.165, 1.54) is 11.4 Å². The van der Waals surface area contributed by atoms with Crippen molar-refractivity contribution in [3.8, 4) is 11.5 Å². The maximum absolute atomic E-state index is 12.8. The van der Waals surface area contributed by atoms with E-state index in [0.717, 1.165) is 0 Å². The van der Waals surface area contributed by atoms with Crippen molar-refractivity contribution in [2.75, 3.05) is 32.6 Å². The summed E-state index contributed by atoms with van der Waals surface area (Å²) in [5, 5.41) is 2.85. The third-order valence-electron chi connectivity index (χ3n) is 4.80. The molecule has 1 aliphatic rings. The molecular weight excluding hydrogens is 380 g/mol. The highest BCUT2D eigenvalue weighted by atomic mass is 32.2. The van der Waals surface area contributed by atoms with Gasteiger partial charge in [0.15, 0.2) is 0 Å². The van der Waals surface area contributed by atoms with Gasteiger partial charge in [-0.05, 0) is 37.1 Å². The van der Waals surface area contributed by atoms with Crippen molar-refractivity contribution in [2.24, 2.45) is 5.92 Å². The molecule has 2 aromatic rings. The topological polar surface area (TPSA) is 84.9 Å². The molecule has 0 bridgehead atoms. The summed E-state index contributed by atoms with van der Waals surface area (Å²) in [7, 11) is -0.546. The fourth-order valence-corrected chi connectivity index (χ4v) is 4.80. The normalized spacial score (nSPS) is 17.7. The molecule has 0 saturated carbocycles. The minimum Gasteiger partial charge on any atom is -0.497 e. The minimum absolute atomic E-state index is 0.154. The van der Waals surface area contributed by atoms with Gasteiger partial charge in [-0.15, -0.1) is 0 Å². The van der Waals surface area contributed by atoms with Gasteiger partial charge < -0.3 is 14.8 Å². The molecule has 0 unspecified atom stereocenters. The van der Waals surface area contributed by atoms with Crippen LogP contribution in [0.3, 0.4) is 0 Å². The highest BCUT2D eigenvalue weighted by Crippen LogP contribution is 2.30. The van der Waals surface area contributed by atoms with Gasteiger partial charge in [0, 0.05) is 19.2 Å². The Morgan fingerprint density at radius 1 is 1.11 bits per heavy atom. The molecule has 1 heterocycles. The van der Waals surface area contributed by atoms with Gasteiger partial charge in [-0.2, -0.15) is 4.31 Å². The van der Waals surface area contributed by atoms with Crippen LogP contribution < -0.4 is 14.8 Å². The highest BCUT2D eigenvalue weighted by Gasteiger charge is 2.33. The Bertz CT molecular complexity index is 931. The molecule has 0 spiro atoms. The van der Waals surface area contributed by atoms with Crippen LogP contribution in [0.2, 0.25) is 0 Å². The number of hydrogen-bond acceptors (Lipinski definition) is 5. The first-order valence-electron chi connectivity index (χ1n) is 9.04. The number of anilines is 1. The van der Waals surface area contributed by atoms with Gasteiger partial charge in [0.05, 0.1) is 30.7 Å². The largest absolute Gasteiger partial charge is 0.497 e. The summed E-state index contributed by atoms with van der Waals surface area (Å²) in [5.74, 6) is 0.445. The maximum Gasteiger partial charge on any atom is 0.243 e. The Hall–Kier alpha value is -2.58. The minimum atomic E-state index is -3.61. The fraction of sp³-hybridized carbons (Fsp3) is 0.350. The zero-order valence-corrected chi connectivity index (χ0v) is 16.7. The molecule has 1 N–H and O–H groups in total. The zero-order chi connectivity index (χ0) is 20.1. The van der Waals surface area contributed by atoms with E-state index in [1.807, 2.05) is 0 Å². The fourth-order valence-electron chi connectivity index (χ4n) is 3.25. The molecule has 0 radical (unpaired) electrons. The molecule has 0 aromatic heterocycles. The first kappa shape index (κ1) is 20.2. The van der Waals surface area contributed by atoms with Crippen molar-refractivity contribution in [3.63, 3.8) is 0 Å². The lowest BCUT2D eigenvalue weighted by molar-refractivity contribution is -0.120. The van der Waals surface area contributed by atoms with Gasteiger partial charge >= 0.3 is 0 Å². The number of sulfonamides is 1. The standard InChI is InChI=1S/C20H24N2O5S/c1-26-16-10-11-18(19(13-16)27-2)21-20(23)15-7-6-12-22(14-15)28(24,25)17-8-4-3-5-9-17/h3-5,8-11,13,15H,6-7,12,14H2,1-2H3,(H,21,23)/t15-/m1/s1. The second kappa shape index (κ2) is 8.62. The van der Waals surface area contributed by atoms with Crippen LogP contribution in [0, 0.1) is 5.92 Å². The van der Waals surface area contributed by atoms with Crippen LogP contribution in [0.15, 0.2) is 53.4 Å². The SMILES string of the molecule is COc1ccc(NC(=O)[C@@H]2CCCN(S(=O)(=O)c3ccccc3)C2)c(OC)c1. The summed E-state index contributed by atoms with van der Waals surface area (Å²) in [5.41, 5.74) is 0.524. The number of benzene rings is 2. The van der Waals surface area contributed by atoms with Gasteiger partial charge in [-0.25, -0.2) is 8.42 Å². The summed E-state index contributed by atoms with van der Waals surface area (Å²) >= 11 is 0. The molecule has 1 atom stereocenters. The second-order valence-corrected chi connectivity index (χ2v) is 8.51. The van der Waals surface area contributed by atoms with Gasteiger partial charge in [0.25, 0.3) is 0 Å². The van der Waals surface area contributed by atoms with E-state index in [-0.39, 0.29) is 17.3 Å². The first-order valence-corrected chi connectivity index (χ1v) is 10.5. The van der Waals surface area contributed by atoms with Crippen LogP contribution in [0.5, 0.6) is 11.5 Å². The number of carbonyl (C=O) groups excluding carboxylic acids is 1. The summed E-state index contributed by atoms with van der Waals surface area (Å²) in [4.78, 5) is 13.0. The molecule has 150 valence electrons. The van der Waals surface area contributed by atoms with E-state index >= 15 is 0 Å². The van der Waals surface area contributed by atoms with Crippen LogP contribution in [-0.2, 0) is 14.8 Å². The lowest BCUT2D eigenvalue weighted by Crippen LogP contribution is -2.43. The molecular formula is C20H24N2O5S. The Balaban J connectivity index is 1.73. The number of hydrogen-bond donors (Lipinski definition) is 1. The van der Waals surface area contributed by atoms with Crippen molar-refractivity contribution >= 4 is 21.6 Å². The van der Waals surface area contributed by atoms with Crippen molar-refractivity contribution in [1.82, 2.24) is 4.31 Å². The maximum atomic E-state index is 12.8. The van der Waals surface area contributed by atoms with E-state index < -0.39 is 15.9 Å². The lowest BCUT2D eigenvalue weighted by Gasteiger charge is -2.31. The molecule has 1 aliphatic heterocycles. The van der Waals surface area contributed by atoms with Crippen LogP contribution in [-0.4, -0.2) is 45.9 Å². The molecule has 3 rings (SSSR count). The number of piperidine rings is 1. The van der Waals surface area contributed by atoms with E-state index in [1.54, 1.807) is 55.6 Å². The van der Waals surface area contributed by atoms with Crippen LogP contribution in [0.25, 0.3) is 0 Å². The molecule has 0 aliphatic carbocycles. The Kier molecular flexibility index (Phi) is 6.21. The van der Waals surface area contributed by atoms with Gasteiger partial charge in [0.1, 0.15) is 11.5 Å². The zero-order valence-electron chi connectivity index (χ0n) is 15.9. The smallest absolute Gasteiger partial charge is 0.243 e. The van der Waals surface area contributed by atoms with E-state index in [4.69, 9.17) is 9.47 Å². The molecule has 1 fully saturated rings. The van der Waals surface area contributed by atoms with Crippen LogP contribution >= 0.6 is 0 Å². The molecule has 8 heteroatoms. The summed E-state index contributed by atoms with van der Waals surface area (Å²) < 4.78 is 37.5. The lowest BCUT2D eigenvalue weighted by atomic mass is 9.98.